The molecular formula is C15H18FN3O. The van der Waals surface area contributed by atoms with Gasteiger partial charge in [-0.15, -0.1) is 0 Å². The van der Waals surface area contributed by atoms with Gasteiger partial charge in [0.25, 0.3) is 0 Å². The largest absolute Gasteiger partial charge is 0.434 e. The quantitative estimate of drug-likeness (QED) is 0.879. The summed E-state index contributed by atoms with van der Waals surface area (Å²) in [5, 5.41) is 3.27. The maximum absolute atomic E-state index is 13.5. The van der Waals surface area contributed by atoms with Crippen LogP contribution in [0.5, 0.6) is 11.6 Å². The lowest BCUT2D eigenvalue weighted by Gasteiger charge is -2.08. The summed E-state index contributed by atoms with van der Waals surface area (Å²) < 4.78 is 18.9. The molecule has 0 aliphatic heterocycles. The minimum atomic E-state index is -0.419. The molecule has 0 fully saturated rings. The van der Waals surface area contributed by atoms with Crippen molar-refractivity contribution in [2.45, 2.75) is 20.4 Å². The van der Waals surface area contributed by atoms with Gasteiger partial charge in [0.1, 0.15) is 0 Å². The van der Waals surface area contributed by atoms with Gasteiger partial charge < -0.3 is 10.1 Å². The van der Waals surface area contributed by atoms with E-state index in [2.05, 4.69) is 29.1 Å². The Balaban J connectivity index is 2.01. The van der Waals surface area contributed by atoms with Crippen LogP contribution in [0.2, 0.25) is 0 Å². The van der Waals surface area contributed by atoms with Crippen molar-refractivity contribution in [3.63, 3.8) is 0 Å². The van der Waals surface area contributed by atoms with E-state index >= 15 is 0 Å². The number of ether oxygens (including phenoxy) is 1. The van der Waals surface area contributed by atoms with Crippen molar-refractivity contribution in [2.24, 2.45) is 5.92 Å². The average molecular weight is 275 g/mol. The molecule has 1 heterocycles. The maximum Gasteiger partial charge on any atom is 0.238 e. The number of hydrogen-bond donors (Lipinski definition) is 1. The monoisotopic (exact) mass is 275 g/mol. The Hall–Kier alpha value is -2.01. The van der Waals surface area contributed by atoms with Gasteiger partial charge in [-0.25, -0.2) is 9.37 Å². The zero-order valence-corrected chi connectivity index (χ0v) is 11.6. The molecule has 106 valence electrons. The summed E-state index contributed by atoms with van der Waals surface area (Å²) in [6, 6.07) is 6.22. The lowest BCUT2D eigenvalue weighted by atomic mass is 10.2. The van der Waals surface area contributed by atoms with E-state index in [4.69, 9.17) is 4.74 Å². The highest BCUT2D eigenvalue weighted by Crippen LogP contribution is 2.21. The zero-order valence-electron chi connectivity index (χ0n) is 11.6. The fourth-order valence-corrected chi connectivity index (χ4v) is 1.65. The number of nitrogens with zero attached hydrogens (tertiary/aromatic N) is 2. The first-order chi connectivity index (χ1) is 9.65. The number of benzene rings is 1. The number of aromatic nitrogens is 2. The van der Waals surface area contributed by atoms with Gasteiger partial charge in [0.2, 0.25) is 5.88 Å². The van der Waals surface area contributed by atoms with Crippen LogP contribution in [0, 0.1) is 11.7 Å². The summed E-state index contributed by atoms with van der Waals surface area (Å²) in [4.78, 5) is 8.35. The highest BCUT2D eigenvalue weighted by atomic mass is 19.1. The van der Waals surface area contributed by atoms with Crippen molar-refractivity contribution in [3.05, 3.63) is 48.2 Å². The Morgan fingerprint density at radius 3 is 2.80 bits per heavy atom. The Morgan fingerprint density at radius 2 is 2.05 bits per heavy atom. The Bertz CT molecular complexity index is 560. The molecule has 0 spiro atoms. The highest BCUT2D eigenvalue weighted by Gasteiger charge is 2.06. The van der Waals surface area contributed by atoms with Gasteiger partial charge in [0.15, 0.2) is 11.6 Å². The normalized spacial score (nSPS) is 10.8. The number of nitrogens with one attached hydrogen (secondary N) is 1. The summed E-state index contributed by atoms with van der Waals surface area (Å²) in [6.45, 7) is 5.78. The fraction of sp³-hybridized carbons (Fsp3) is 0.333. The molecule has 5 heteroatoms. The summed E-state index contributed by atoms with van der Waals surface area (Å²) >= 11 is 0. The molecule has 0 radical (unpaired) electrons. The first-order valence-electron chi connectivity index (χ1n) is 6.59. The minimum absolute atomic E-state index is 0.147. The number of para-hydroxylation sites is 1. The van der Waals surface area contributed by atoms with Crippen LogP contribution in [0.4, 0.5) is 4.39 Å². The topological polar surface area (TPSA) is 47.0 Å². The second-order valence-electron chi connectivity index (χ2n) is 4.91. The maximum atomic E-state index is 13.5. The van der Waals surface area contributed by atoms with Crippen LogP contribution in [0.25, 0.3) is 0 Å². The molecule has 0 saturated carbocycles. The third-order valence-electron chi connectivity index (χ3n) is 2.57. The molecule has 0 unspecified atom stereocenters. The van der Waals surface area contributed by atoms with E-state index in [0.717, 1.165) is 12.2 Å². The van der Waals surface area contributed by atoms with Crippen molar-refractivity contribution >= 4 is 0 Å². The Labute approximate surface area is 118 Å². The van der Waals surface area contributed by atoms with E-state index in [1.54, 1.807) is 24.4 Å². The molecule has 0 bridgehead atoms. The molecule has 0 aliphatic carbocycles. The molecule has 0 amide bonds. The predicted molar refractivity (Wildman–Crippen MR) is 75.1 cm³/mol. The molecule has 0 aliphatic rings. The van der Waals surface area contributed by atoms with Crippen LogP contribution in [0.15, 0.2) is 36.7 Å². The van der Waals surface area contributed by atoms with Crippen LogP contribution in [0.3, 0.4) is 0 Å². The van der Waals surface area contributed by atoms with Gasteiger partial charge in [-0.05, 0) is 24.6 Å². The second kappa shape index (κ2) is 6.96. The number of rotatable bonds is 6. The summed E-state index contributed by atoms with van der Waals surface area (Å²) in [5.41, 5.74) is 0.763. The van der Waals surface area contributed by atoms with Gasteiger partial charge in [0, 0.05) is 12.7 Å². The molecule has 20 heavy (non-hydrogen) atoms. The number of halogens is 1. The smallest absolute Gasteiger partial charge is 0.238 e. The van der Waals surface area contributed by atoms with Crippen LogP contribution in [-0.2, 0) is 6.54 Å². The highest BCUT2D eigenvalue weighted by molar-refractivity contribution is 5.27. The van der Waals surface area contributed by atoms with Crippen molar-refractivity contribution in [3.8, 4) is 11.6 Å². The SMILES string of the molecule is CC(C)CNCc1cncc(Oc2ccccc2F)n1. The van der Waals surface area contributed by atoms with E-state index in [0.29, 0.717) is 18.3 Å². The number of hydrogen-bond acceptors (Lipinski definition) is 4. The van der Waals surface area contributed by atoms with Crippen LogP contribution in [0.1, 0.15) is 19.5 Å². The molecule has 2 aromatic rings. The Morgan fingerprint density at radius 1 is 1.25 bits per heavy atom. The molecule has 1 aromatic carbocycles. The predicted octanol–water partition coefficient (Wildman–Crippen LogP) is 3.15. The van der Waals surface area contributed by atoms with Crippen molar-refractivity contribution in [1.29, 1.82) is 0 Å². The van der Waals surface area contributed by atoms with Crippen LogP contribution >= 0.6 is 0 Å². The van der Waals surface area contributed by atoms with Crippen molar-refractivity contribution in [1.82, 2.24) is 15.3 Å². The third-order valence-corrected chi connectivity index (χ3v) is 2.57. The summed E-state index contributed by atoms with van der Waals surface area (Å²) in [5.74, 6) is 0.589. The third kappa shape index (κ3) is 4.28. The first-order valence-corrected chi connectivity index (χ1v) is 6.59. The second-order valence-corrected chi connectivity index (χ2v) is 4.91. The molecule has 0 atom stereocenters. The van der Waals surface area contributed by atoms with Gasteiger partial charge in [-0.3, -0.25) is 4.98 Å². The van der Waals surface area contributed by atoms with Crippen LogP contribution in [-0.4, -0.2) is 16.5 Å². The summed E-state index contributed by atoms with van der Waals surface area (Å²) in [7, 11) is 0. The molecule has 0 saturated heterocycles. The first kappa shape index (κ1) is 14.4. The molecule has 1 aromatic heterocycles. The summed E-state index contributed by atoms with van der Waals surface area (Å²) in [6.07, 6.45) is 3.14. The van der Waals surface area contributed by atoms with E-state index < -0.39 is 5.82 Å². The van der Waals surface area contributed by atoms with Gasteiger partial charge >= 0.3 is 0 Å². The lowest BCUT2D eigenvalue weighted by molar-refractivity contribution is 0.422. The Kier molecular flexibility index (Phi) is 5.01. The van der Waals surface area contributed by atoms with Gasteiger partial charge in [-0.2, -0.15) is 0 Å². The van der Waals surface area contributed by atoms with E-state index in [1.165, 1.54) is 12.3 Å². The molecule has 2 rings (SSSR count). The molecular weight excluding hydrogens is 257 g/mol. The molecule has 4 nitrogen and oxygen atoms in total. The van der Waals surface area contributed by atoms with E-state index in [1.807, 2.05) is 0 Å². The zero-order chi connectivity index (χ0) is 14.4. The van der Waals surface area contributed by atoms with Gasteiger partial charge in [-0.1, -0.05) is 26.0 Å². The van der Waals surface area contributed by atoms with E-state index in [-0.39, 0.29) is 5.75 Å². The van der Waals surface area contributed by atoms with Crippen molar-refractivity contribution < 1.29 is 9.13 Å². The minimum Gasteiger partial charge on any atom is -0.434 e. The standard InChI is InChI=1S/C15H18FN3O/c1-11(2)7-17-8-12-9-18-10-15(19-12)20-14-6-4-3-5-13(14)16/h3-6,9-11,17H,7-8H2,1-2H3. The fourth-order valence-electron chi connectivity index (χ4n) is 1.65. The van der Waals surface area contributed by atoms with Gasteiger partial charge in [0.05, 0.1) is 11.9 Å². The van der Waals surface area contributed by atoms with Crippen LogP contribution < -0.4 is 10.1 Å². The molecule has 1 N–H and O–H groups in total. The average Bonchev–Trinajstić information content (AvgIpc) is 2.41. The van der Waals surface area contributed by atoms with E-state index in [9.17, 15) is 4.39 Å². The van der Waals surface area contributed by atoms with Crippen molar-refractivity contribution in [2.75, 3.05) is 6.54 Å². The lowest BCUT2D eigenvalue weighted by Crippen LogP contribution is -2.19.